The summed E-state index contributed by atoms with van der Waals surface area (Å²) in [4.78, 5) is 10.9. The molecule has 0 radical (unpaired) electrons. The Balaban J connectivity index is 2.04. The van der Waals surface area contributed by atoms with E-state index in [-0.39, 0.29) is 0 Å². The Labute approximate surface area is 99.3 Å². The number of carbonyl (C=O) groups excluding carboxylic acids is 1. The summed E-state index contributed by atoms with van der Waals surface area (Å²) in [5.41, 5.74) is 0.913. The number of aliphatic hydroxyl groups is 1. The van der Waals surface area contributed by atoms with Crippen molar-refractivity contribution in [3.63, 3.8) is 0 Å². The van der Waals surface area contributed by atoms with Crippen molar-refractivity contribution >= 4 is 5.91 Å². The van der Waals surface area contributed by atoms with Crippen LogP contribution in [-0.4, -0.2) is 30.8 Å². The zero-order valence-corrected chi connectivity index (χ0v) is 9.44. The van der Waals surface area contributed by atoms with Crippen LogP contribution >= 0.6 is 0 Å². The average molecular weight is 237 g/mol. The topological polar surface area (TPSA) is 67.8 Å². The van der Waals surface area contributed by atoms with Gasteiger partial charge in [0, 0.05) is 13.0 Å². The first-order chi connectivity index (χ1) is 8.29. The third-order valence-corrected chi connectivity index (χ3v) is 2.45. The minimum Gasteiger partial charge on any atom is -0.490 e. The zero-order valence-electron chi connectivity index (χ0n) is 9.44. The van der Waals surface area contributed by atoms with Crippen molar-refractivity contribution in [1.82, 2.24) is 5.32 Å². The Morgan fingerprint density at radius 2 is 2.06 bits per heavy atom. The van der Waals surface area contributed by atoms with Crippen LogP contribution in [0, 0.1) is 0 Å². The molecule has 0 spiro atoms. The lowest BCUT2D eigenvalue weighted by atomic mass is 10.2. The Kier molecular flexibility index (Phi) is 3.82. The second-order valence-corrected chi connectivity index (χ2v) is 3.77. The summed E-state index contributed by atoms with van der Waals surface area (Å²) in [6.07, 6.45) is 0.866. The van der Waals surface area contributed by atoms with Gasteiger partial charge in [-0.1, -0.05) is 6.07 Å². The maximum absolute atomic E-state index is 10.9. The Hall–Kier alpha value is -1.75. The van der Waals surface area contributed by atoms with Crippen LogP contribution in [0.15, 0.2) is 18.2 Å². The van der Waals surface area contributed by atoms with Crippen molar-refractivity contribution in [2.75, 3.05) is 19.8 Å². The van der Waals surface area contributed by atoms with Gasteiger partial charge in [0.05, 0.1) is 13.2 Å². The number of carbonyl (C=O) groups is 1. The standard InChI is InChI=1S/C12H15NO4/c14-8-12(15)13-7-9-2-3-10-11(6-9)17-5-1-4-16-10/h2-3,6,14H,1,4-5,7-8H2,(H,13,15). The highest BCUT2D eigenvalue weighted by Crippen LogP contribution is 2.30. The minimum absolute atomic E-state index is 0.371. The molecule has 0 aromatic heterocycles. The molecule has 1 aromatic rings. The molecule has 1 heterocycles. The largest absolute Gasteiger partial charge is 0.490 e. The molecule has 1 amide bonds. The van der Waals surface area contributed by atoms with Gasteiger partial charge in [-0.2, -0.15) is 0 Å². The molecule has 5 heteroatoms. The van der Waals surface area contributed by atoms with E-state index in [0.717, 1.165) is 17.7 Å². The minimum atomic E-state index is -0.495. The lowest BCUT2D eigenvalue weighted by molar-refractivity contribution is -0.123. The molecule has 2 rings (SSSR count). The predicted octanol–water partition coefficient (Wildman–Crippen LogP) is 0.456. The molecule has 0 saturated heterocycles. The van der Waals surface area contributed by atoms with Gasteiger partial charge in [0.1, 0.15) is 6.61 Å². The van der Waals surface area contributed by atoms with E-state index in [2.05, 4.69) is 5.32 Å². The fourth-order valence-electron chi connectivity index (χ4n) is 1.57. The summed E-state index contributed by atoms with van der Waals surface area (Å²) in [5, 5.41) is 11.2. The quantitative estimate of drug-likeness (QED) is 0.801. The van der Waals surface area contributed by atoms with Gasteiger partial charge < -0.3 is 19.9 Å². The number of aliphatic hydroxyl groups excluding tert-OH is 1. The van der Waals surface area contributed by atoms with E-state index >= 15 is 0 Å². The summed E-state index contributed by atoms with van der Waals surface area (Å²) >= 11 is 0. The third kappa shape index (κ3) is 3.10. The maximum atomic E-state index is 10.9. The summed E-state index contributed by atoms with van der Waals surface area (Å²) < 4.78 is 11.0. The predicted molar refractivity (Wildman–Crippen MR) is 61.0 cm³/mol. The first-order valence-electron chi connectivity index (χ1n) is 5.55. The molecular weight excluding hydrogens is 222 g/mol. The highest BCUT2D eigenvalue weighted by Gasteiger charge is 2.10. The van der Waals surface area contributed by atoms with Gasteiger partial charge in [-0.15, -0.1) is 0 Å². The fraction of sp³-hybridized carbons (Fsp3) is 0.417. The van der Waals surface area contributed by atoms with Crippen molar-refractivity contribution in [2.24, 2.45) is 0 Å². The summed E-state index contributed by atoms with van der Waals surface area (Å²) in [5.74, 6) is 1.05. The number of benzene rings is 1. The lowest BCUT2D eigenvalue weighted by Gasteiger charge is -2.09. The fourth-order valence-corrected chi connectivity index (χ4v) is 1.57. The number of rotatable bonds is 3. The molecule has 92 valence electrons. The zero-order chi connectivity index (χ0) is 12.1. The molecule has 2 N–H and O–H groups in total. The van der Waals surface area contributed by atoms with E-state index in [1.54, 1.807) is 0 Å². The van der Waals surface area contributed by atoms with Gasteiger partial charge in [0.15, 0.2) is 11.5 Å². The van der Waals surface area contributed by atoms with Crippen molar-refractivity contribution in [1.29, 1.82) is 0 Å². The number of nitrogens with one attached hydrogen (secondary N) is 1. The van der Waals surface area contributed by atoms with Crippen molar-refractivity contribution < 1.29 is 19.4 Å². The van der Waals surface area contributed by atoms with E-state index < -0.39 is 12.5 Å². The Morgan fingerprint density at radius 1 is 1.29 bits per heavy atom. The van der Waals surface area contributed by atoms with Gasteiger partial charge >= 0.3 is 0 Å². The van der Waals surface area contributed by atoms with E-state index in [1.165, 1.54) is 0 Å². The number of amides is 1. The Bertz CT molecular complexity index is 405. The van der Waals surface area contributed by atoms with Crippen LogP contribution in [-0.2, 0) is 11.3 Å². The maximum Gasteiger partial charge on any atom is 0.245 e. The lowest BCUT2D eigenvalue weighted by Crippen LogP contribution is -2.25. The van der Waals surface area contributed by atoms with E-state index in [4.69, 9.17) is 14.6 Å². The monoisotopic (exact) mass is 237 g/mol. The van der Waals surface area contributed by atoms with E-state index in [0.29, 0.717) is 25.5 Å². The van der Waals surface area contributed by atoms with Crippen LogP contribution in [0.5, 0.6) is 11.5 Å². The van der Waals surface area contributed by atoms with E-state index in [1.807, 2.05) is 18.2 Å². The number of hydrogen-bond donors (Lipinski definition) is 2. The van der Waals surface area contributed by atoms with Crippen LogP contribution in [0.4, 0.5) is 0 Å². The molecule has 0 bridgehead atoms. The summed E-state index contributed by atoms with van der Waals surface area (Å²) in [6.45, 7) is 1.17. The molecule has 0 unspecified atom stereocenters. The van der Waals surface area contributed by atoms with Gasteiger partial charge in [0.25, 0.3) is 0 Å². The molecule has 0 atom stereocenters. The molecule has 0 fully saturated rings. The summed E-state index contributed by atoms with van der Waals surface area (Å²) in [7, 11) is 0. The molecule has 0 saturated carbocycles. The first-order valence-corrected chi connectivity index (χ1v) is 5.55. The van der Waals surface area contributed by atoms with Crippen LogP contribution in [0.25, 0.3) is 0 Å². The third-order valence-electron chi connectivity index (χ3n) is 2.45. The van der Waals surface area contributed by atoms with Crippen LogP contribution in [0.1, 0.15) is 12.0 Å². The first kappa shape index (κ1) is 11.7. The van der Waals surface area contributed by atoms with Crippen LogP contribution < -0.4 is 14.8 Å². The molecule has 1 aromatic carbocycles. The van der Waals surface area contributed by atoms with E-state index in [9.17, 15) is 4.79 Å². The summed E-state index contributed by atoms with van der Waals surface area (Å²) in [6, 6.07) is 5.55. The Morgan fingerprint density at radius 3 is 2.82 bits per heavy atom. The van der Waals surface area contributed by atoms with Gasteiger partial charge in [-0.05, 0) is 17.7 Å². The molecule has 1 aliphatic rings. The van der Waals surface area contributed by atoms with Crippen molar-refractivity contribution in [2.45, 2.75) is 13.0 Å². The van der Waals surface area contributed by atoms with Gasteiger partial charge in [0.2, 0.25) is 5.91 Å². The number of fused-ring (bicyclic) bond motifs is 1. The molecule has 17 heavy (non-hydrogen) atoms. The molecule has 5 nitrogen and oxygen atoms in total. The second kappa shape index (κ2) is 5.54. The van der Waals surface area contributed by atoms with Crippen LogP contribution in [0.2, 0.25) is 0 Å². The second-order valence-electron chi connectivity index (χ2n) is 3.77. The molecule has 0 aliphatic carbocycles. The van der Waals surface area contributed by atoms with Gasteiger partial charge in [-0.25, -0.2) is 0 Å². The highest BCUT2D eigenvalue weighted by molar-refractivity contribution is 5.76. The number of ether oxygens (including phenoxy) is 2. The average Bonchev–Trinajstić information content (AvgIpc) is 2.60. The smallest absolute Gasteiger partial charge is 0.245 e. The van der Waals surface area contributed by atoms with Crippen LogP contribution in [0.3, 0.4) is 0 Å². The SMILES string of the molecule is O=C(CO)NCc1ccc2c(c1)OCCCO2. The van der Waals surface area contributed by atoms with Crippen molar-refractivity contribution in [3.8, 4) is 11.5 Å². The number of hydrogen-bond acceptors (Lipinski definition) is 4. The molecular formula is C12H15NO4. The van der Waals surface area contributed by atoms with Gasteiger partial charge in [-0.3, -0.25) is 4.79 Å². The highest BCUT2D eigenvalue weighted by atomic mass is 16.5. The van der Waals surface area contributed by atoms with Crippen molar-refractivity contribution in [3.05, 3.63) is 23.8 Å². The molecule has 1 aliphatic heterocycles. The normalized spacial score (nSPS) is 13.9.